The number of nitrogens with one attached hydrogen (secondary N) is 1. The van der Waals surface area contributed by atoms with Crippen LogP contribution in [0.4, 0.5) is 0 Å². The van der Waals surface area contributed by atoms with Crippen LogP contribution in [0.2, 0.25) is 0 Å². The minimum Gasteiger partial charge on any atom is -0.381 e. The van der Waals surface area contributed by atoms with Gasteiger partial charge in [-0.2, -0.15) is 0 Å². The Kier molecular flexibility index (Phi) is 2.95. The standard InChI is InChI=1S/C13H16N2O2S/c16-12(10-2-1-5-14-11(10)18)15-6-3-13(8-15)4-7-17-9-13/h1-2,5H,3-4,6-9H2,(H,14,18). The summed E-state index contributed by atoms with van der Waals surface area (Å²) in [4.78, 5) is 17.2. The number of rotatable bonds is 1. The van der Waals surface area contributed by atoms with Gasteiger partial charge in [-0.1, -0.05) is 12.2 Å². The molecular formula is C13H16N2O2S. The first-order valence-electron chi connectivity index (χ1n) is 6.25. The average molecular weight is 264 g/mol. The first-order chi connectivity index (χ1) is 8.70. The number of amides is 1. The molecule has 1 unspecified atom stereocenters. The summed E-state index contributed by atoms with van der Waals surface area (Å²) in [5, 5.41) is 0. The molecule has 0 aliphatic carbocycles. The van der Waals surface area contributed by atoms with Gasteiger partial charge < -0.3 is 14.6 Å². The summed E-state index contributed by atoms with van der Waals surface area (Å²) < 4.78 is 5.99. The number of aromatic amines is 1. The van der Waals surface area contributed by atoms with Crippen molar-refractivity contribution < 1.29 is 9.53 Å². The van der Waals surface area contributed by atoms with Crippen LogP contribution in [0, 0.1) is 10.1 Å². The maximum atomic E-state index is 12.4. The lowest BCUT2D eigenvalue weighted by molar-refractivity contribution is 0.0764. The van der Waals surface area contributed by atoms with E-state index < -0.39 is 0 Å². The number of H-pyrrole nitrogens is 1. The van der Waals surface area contributed by atoms with E-state index in [1.54, 1.807) is 12.3 Å². The van der Waals surface area contributed by atoms with Crippen LogP contribution in [0.3, 0.4) is 0 Å². The maximum absolute atomic E-state index is 12.4. The lowest BCUT2D eigenvalue weighted by Crippen LogP contribution is -2.32. The van der Waals surface area contributed by atoms with Crippen LogP contribution in [0.25, 0.3) is 0 Å². The van der Waals surface area contributed by atoms with Crippen LogP contribution in [0.5, 0.6) is 0 Å². The maximum Gasteiger partial charge on any atom is 0.256 e. The molecule has 1 spiro atoms. The molecule has 18 heavy (non-hydrogen) atoms. The van der Waals surface area contributed by atoms with Gasteiger partial charge >= 0.3 is 0 Å². The fraction of sp³-hybridized carbons (Fsp3) is 0.538. The van der Waals surface area contributed by atoms with Gasteiger partial charge in [0.2, 0.25) is 0 Å². The summed E-state index contributed by atoms with van der Waals surface area (Å²) in [5.41, 5.74) is 0.805. The van der Waals surface area contributed by atoms with Crippen LogP contribution in [-0.2, 0) is 4.74 Å². The number of likely N-dealkylation sites (tertiary alicyclic amines) is 1. The summed E-state index contributed by atoms with van der Waals surface area (Å²) in [7, 11) is 0. The number of aromatic nitrogens is 1. The molecule has 5 heteroatoms. The zero-order valence-corrected chi connectivity index (χ0v) is 11.0. The molecule has 4 nitrogen and oxygen atoms in total. The fourth-order valence-electron chi connectivity index (χ4n) is 2.84. The molecule has 3 rings (SSSR count). The third kappa shape index (κ3) is 1.97. The average Bonchev–Trinajstić information content (AvgIpc) is 3.00. The molecule has 96 valence electrons. The van der Waals surface area contributed by atoms with Gasteiger partial charge in [0.1, 0.15) is 4.64 Å². The Balaban J connectivity index is 1.79. The third-order valence-corrected chi connectivity index (χ3v) is 4.30. The van der Waals surface area contributed by atoms with Crippen LogP contribution in [-0.4, -0.2) is 42.1 Å². The molecule has 2 fully saturated rings. The van der Waals surface area contributed by atoms with Crippen molar-refractivity contribution in [2.75, 3.05) is 26.3 Å². The van der Waals surface area contributed by atoms with E-state index >= 15 is 0 Å². The normalized spacial score (nSPS) is 27.0. The second-order valence-electron chi connectivity index (χ2n) is 5.19. The molecule has 1 amide bonds. The third-order valence-electron chi connectivity index (χ3n) is 3.96. The van der Waals surface area contributed by atoms with E-state index in [4.69, 9.17) is 17.0 Å². The van der Waals surface area contributed by atoms with Gasteiger partial charge in [-0.25, -0.2) is 0 Å². The second-order valence-corrected chi connectivity index (χ2v) is 5.60. The van der Waals surface area contributed by atoms with E-state index in [9.17, 15) is 4.79 Å². The van der Waals surface area contributed by atoms with Gasteiger partial charge in [0.15, 0.2) is 0 Å². The molecule has 2 aliphatic rings. The molecule has 1 aromatic rings. The molecule has 1 atom stereocenters. The minimum absolute atomic E-state index is 0.0422. The van der Waals surface area contributed by atoms with E-state index in [0.29, 0.717) is 10.2 Å². The van der Waals surface area contributed by atoms with E-state index in [0.717, 1.165) is 39.1 Å². The Morgan fingerprint density at radius 3 is 3.11 bits per heavy atom. The number of hydrogen-bond donors (Lipinski definition) is 1. The van der Waals surface area contributed by atoms with E-state index in [1.807, 2.05) is 11.0 Å². The number of pyridine rings is 1. The lowest BCUT2D eigenvalue weighted by Gasteiger charge is -2.22. The first-order valence-corrected chi connectivity index (χ1v) is 6.66. The highest BCUT2D eigenvalue weighted by Crippen LogP contribution is 2.38. The first kappa shape index (κ1) is 11.9. The van der Waals surface area contributed by atoms with Gasteiger partial charge in [-0.05, 0) is 25.0 Å². The van der Waals surface area contributed by atoms with Crippen LogP contribution < -0.4 is 0 Å². The molecule has 2 saturated heterocycles. The van der Waals surface area contributed by atoms with Crippen molar-refractivity contribution >= 4 is 18.1 Å². The monoisotopic (exact) mass is 264 g/mol. The predicted molar refractivity (Wildman–Crippen MR) is 70.0 cm³/mol. The molecule has 0 aromatic carbocycles. The number of carbonyl (C=O) groups is 1. The number of carbonyl (C=O) groups excluding carboxylic acids is 1. The summed E-state index contributed by atoms with van der Waals surface area (Å²) in [6.45, 7) is 3.23. The molecule has 3 heterocycles. The van der Waals surface area contributed by atoms with Crippen molar-refractivity contribution in [2.45, 2.75) is 12.8 Å². The molecule has 1 N–H and O–H groups in total. The zero-order chi connectivity index (χ0) is 12.6. The highest BCUT2D eigenvalue weighted by Gasteiger charge is 2.42. The molecule has 0 saturated carbocycles. The number of ether oxygens (including phenoxy) is 1. The largest absolute Gasteiger partial charge is 0.381 e. The molecule has 0 bridgehead atoms. The van der Waals surface area contributed by atoms with Gasteiger partial charge in [-0.3, -0.25) is 4.79 Å². The quantitative estimate of drug-likeness (QED) is 0.789. The second kappa shape index (κ2) is 4.48. The Labute approximate surface area is 111 Å². The highest BCUT2D eigenvalue weighted by atomic mass is 32.1. The molecule has 2 aliphatic heterocycles. The summed E-state index contributed by atoms with van der Waals surface area (Å²) in [6.07, 6.45) is 3.86. The van der Waals surface area contributed by atoms with Crippen molar-refractivity contribution in [2.24, 2.45) is 5.41 Å². The number of hydrogen-bond acceptors (Lipinski definition) is 3. The van der Waals surface area contributed by atoms with Crippen molar-refractivity contribution in [3.05, 3.63) is 28.5 Å². The predicted octanol–water partition coefficient (Wildman–Crippen LogP) is 2.00. The fourth-order valence-corrected chi connectivity index (χ4v) is 3.06. The molecule has 0 radical (unpaired) electrons. The Bertz CT molecular complexity index is 520. The highest BCUT2D eigenvalue weighted by molar-refractivity contribution is 7.71. The van der Waals surface area contributed by atoms with Crippen molar-refractivity contribution in [1.82, 2.24) is 9.88 Å². The van der Waals surface area contributed by atoms with E-state index in [2.05, 4.69) is 4.98 Å². The molecule has 1 aromatic heterocycles. The van der Waals surface area contributed by atoms with Gasteiger partial charge in [0.05, 0.1) is 12.2 Å². The van der Waals surface area contributed by atoms with Crippen molar-refractivity contribution in [3.63, 3.8) is 0 Å². The topological polar surface area (TPSA) is 45.3 Å². The zero-order valence-electron chi connectivity index (χ0n) is 10.1. The van der Waals surface area contributed by atoms with Crippen molar-refractivity contribution in [3.8, 4) is 0 Å². The Morgan fingerprint density at radius 1 is 1.50 bits per heavy atom. The van der Waals surface area contributed by atoms with Crippen LogP contribution in [0.1, 0.15) is 23.2 Å². The number of nitrogens with zero attached hydrogens (tertiary/aromatic N) is 1. The van der Waals surface area contributed by atoms with Gasteiger partial charge in [-0.15, -0.1) is 0 Å². The van der Waals surface area contributed by atoms with Crippen molar-refractivity contribution in [1.29, 1.82) is 0 Å². The SMILES string of the molecule is O=C(c1ccc[nH]c1=S)N1CCC2(CCOC2)C1. The summed E-state index contributed by atoms with van der Waals surface area (Å²) in [6, 6.07) is 3.60. The minimum atomic E-state index is 0.0422. The Morgan fingerprint density at radius 2 is 2.39 bits per heavy atom. The smallest absolute Gasteiger partial charge is 0.256 e. The van der Waals surface area contributed by atoms with E-state index in [-0.39, 0.29) is 11.3 Å². The van der Waals surface area contributed by atoms with Crippen LogP contribution >= 0.6 is 12.2 Å². The van der Waals surface area contributed by atoms with Gasteiger partial charge in [0.25, 0.3) is 5.91 Å². The summed E-state index contributed by atoms with van der Waals surface area (Å²) in [5.74, 6) is 0.0422. The molecular weight excluding hydrogens is 248 g/mol. The van der Waals surface area contributed by atoms with E-state index in [1.165, 1.54) is 0 Å². The summed E-state index contributed by atoms with van der Waals surface area (Å²) >= 11 is 5.16. The Hall–Kier alpha value is -1.20. The van der Waals surface area contributed by atoms with Gasteiger partial charge in [0, 0.05) is 31.3 Å². The lowest BCUT2D eigenvalue weighted by atomic mass is 9.87. The van der Waals surface area contributed by atoms with Crippen LogP contribution in [0.15, 0.2) is 18.3 Å².